The van der Waals surface area contributed by atoms with Crippen LogP contribution >= 0.6 is 0 Å². The van der Waals surface area contributed by atoms with Crippen LogP contribution in [-0.4, -0.2) is 44.5 Å². The predicted octanol–water partition coefficient (Wildman–Crippen LogP) is 3.56. The number of piperidine rings is 1. The highest BCUT2D eigenvalue weighted by molar-refractivity contribution is 5.51. The fraction of sp³-hybridized carbons (Fsp3) is 0.714. The molecule has 2 heterocycles. The second kappa shape index (κ2) is 8.49. The molecule has 0 amide bonds. The van der Waals surface area contributed by atoms with Crippen LogP contribution in [0.2, 0.25) is 0 Å². The summed E-state index contributed by atoms with van der Waals surface area (Å²) in [5.41, 5.74) is 1.14. The van der Waals surface area contributed by atoms with E-state index in [9.17, 15) is 0 Å². The molecule has 5 heteroatoms. The van der Waals surface area contributed by atoms with Gasteiger partial charge in [0, 0.05) is 37.3 Å². The first kappa shape index (κ1) is 17.9. The van der Waals surface area contributed by atoms with Crippen molar-refractivity contribution < 1.29 is 14.2 Å². The molecule has 1 N–H and O–H groups in total. The Balaban J connectivity index is 1.31. The second-order valence-electron chi connectivity index (χ2n) is 8.00. The molecule has 2 fully saturated rings. The Bertz CT molecular complexity index is 601. The summed E-state index contributed by atoms with van der Waals surface area (Å²) in [7, 11) is 1.72. The van der Waals surface area contributed by atoms with E-state index in [4.69, 9.17) is 14.2 Å². The van der Waals surface area contributed by atoms with Crippen LogP contribution in [0.25, 0.3) is 0 Å². The van der Waals surface area contributed by atoms with Gasteiger partial charge in [-0.1, -0.05) is 19.3 Å². The Morgan fingerprint density at radius 1 is 1.08 bits per heavy atom. The summed E-state index contributed by atoms with van der Waals surface area (Å²) in [6.07, 6.45) is 9.73. The first-order chi connectivity index (χ1) is 12.8. The molecule has 0 radical (unpaired) electrons. The highest BCUT2D eigenvalue weighted by atomic mass is 16.7. The monoisotopic (exact) mass is 360 g/mol. The molecule has 0 bridgehead atoms. The summed E-state index contributed by atoms with van der Waals surface area (Å²) >= 11 is 0. The molecule has 1 aliphatic carbocycles. The van der Waals surface area contributed by atoms with Gasteiger partial charge in [0.05, 0.1) is 7.11 Å². The van der Waals surface area contributed by atoms with Crippen molar-refractivity contribution in [3.05, 3.63) is 17.7 Å². The first-order valence-corrected chi connectivity index (χ1v) is 10.2. The molecule has 26 heavy (non-hydrogen) atoms. The number of hydrogen-bond acceptors (Lipinski definition) is 5. The van der Waals surface area contributed by atoms with Crippen molar-refractivity contribution in [3.8, 4) is 17.2 Å². The summed E-state index contributed by atoms with van der Waals surface area (Å²) in [6.45, 7) is 4.84. The van der Waals surface area contributed by atoms with E-state index in [2.05, 4.69) is 16.3 Å². The van der Waals surface area contributed by atoms with Gasteiger partial charge in [0.15, 0.2) is 11.5 Å². The number of likely N-dealkylation sites (tertiary alicyclic amines) is 1. The van der Waals surface area contributed by atoms with E-state index in [1.807, 2.05) is 6.07 Å². The molecule has 1 atom stereocenters. The van der Waals surface area contributed by atoms with Gasteiger partial charge < -0.3 is 24.4 Å². The lowest BCUT2D eigenvalue weighted by atomic mass is 9.88. The van der Waals surface area contributed by atoms with Crippen LogP contribution in [0.5, 0.6) is 17.2 Å². The van der Waals surface area contributed by atoms with Crippen LogP contribution < -0.4 is 19.5 Å². The number of nitrogens with one attached hydrogen (secondary N) is 1. The minimum atomic E-state index is 0.300. The number of ether oxygens (including phenoxy) is 3. The minimum absolute atomic E-state index is 0.300. The highest BCUT2D eigenvalue weighted by Crippen LogP contribution is 2.38. The molecule has 1 saturated carbocycles. The third kappa shape index (κ3) is 4.26. The molecule has 4 rings (SSSR count). The molecule has 1 aromatic rings. The largest absolute Gasteiger partial charge is 0.496 e. The number of nitrogens with zero attached hydrogens (tertiary/aromatic N) is 1. The van der Waals surface area contributed by atoms with Gasteiger partial charge in [-0.2, -0.15) is 0 Å². The third-order valence-electron chi connectivity index (χ3n) is 6.10. The average Bonchev–Trinajstić information content (AvgIpc) is 3.14. The fourth-order valence-electron chi connectivity index (χ4n) is 4.67. The van der Waals surface area contributed by atoms with Gasteiger partial charge >= 0.3 is 0 Å². The second-order valence-corrected chi connectivity index (χ2v) is 8.00. The number of methoxy groups -OCH3 is 1. The van der Waals surface area contributed by atoms with E-state index in [1.54, 1.807) is 7.11 Å². The average molecular weight is 360 g/mol. The number of rotatable bonds is 6. The summed E-state index contributed by atoms with van der Waals surface area (Å²) in [6, 6.07) is 4.55. The Hall–Kier alpha value is -1.46. The molecular formula is C21H32N2O3. The van der Waals surface area contributed by atoms with Crippen molar-refractivity contribution in [2.75, 3.05) is 33.5 Å². The lowest BCUT2D eigenvalue weighted by molar-refractivity contribution is 0.149. The topological polar surface area (TPSA) is 43.0 Å². The number of hydrogen-bond donors (Lipinski definition) is 1. The van der Waals surface area contributed by atoms with E-state index in [0.717, 1.165) is 35.3 Å². The molecule has 0 spiro atoms. The van der Waals surface area contributed by atoms with Gasteiger partial charge in [0.25, 0.3) is 0 Å². The van der Waals surface area contributed by atoms with E-state index < -0.39 is 0 Å². The zero-order chi connectivity index (χ0) is 17.8. The smallest absolute Gasteiger partial charge is 0.231 e. The van der Waals surface area contributed by atoms with Crippen molar-refractivity contribution in [1.82, 2.24) is 10.2 Å². The maximum atomic E-state index is 5.55. The van der Waals surface area contributed by atoms with Gasteiger partial charge in [-0.05, 0) is 44.2 Å². The molecule has 1 aromatic carbocycles. The van der Waals surface area contributed by atoms with Crippen LogP contribution in [0.4, 0.5) is 0 Å². The van der Waals surface area contributed by atoms with Crippen LogP contribution in [0.15, 0.2) is 12.1 Å². The highest BCUT2D eigenvalue weighted by Gasteiger charge is 2.24. The predicted molar refractivity (Wildman–Crippen MR) is 102 cm³/mol. The van der Waals surface area contributed by atoms with Gasteiger partial charge in [-0.15, -0.1) is 0 Å². The van der Waals surface area contributed by atoms with Gasteiger partial charge in [-0.3, -0.25) is 0 Å². The van der Waals surface area contributed by atoms with Gasteiger partial charge in [0.1, 0.15) is 5.75 Å². The first-order valence-electron chi connectivity index (χ1n) is 10.2. The fourth-order valence-corrected chi connectivity index (χ4v) is 4.67. The molecule has 5 nitrogen and oxygen atoms in total. The quantitative estimate of drug-likeness (QED) is 0.840. The standard InChI is InChI=1S/C21H32N2O3/c1-24-19-11-21-20(25-15-26-21)10-17(19)12-22-18-8-5-9-23(14-18)13-16-6-3-2-4-7-16/h10-11,16,18,22H,2-9,12-15H2,1H3. The number of benzene rings is 1. The van der Waals surface area contributed by atoms with E-state index >= 15 is 0 Å². The van der Waals surface area contributed by atoms with Crippen molar-refractivity contribution in [2.24, 2.45) is 5.92 Å². The molecule has 1 unspecified atom stereocenters. The lowest BCUT2D eigenvalue weighted by Gasteiger charge is -2.36. The Morgan fingerprint density at radius 2 is 1.88 bits per heavy atom. The third-order valence-corrected chi connectivity index (χ3v) is 6.10. The molecule has 0 aromatic heterocycles. The normalized spacial score (nSPS) is 24.0. The zero-order valence-corrected chi connectivity index (χ0v) is 16.0. The molecule has 1 saturated heterocycles. The Morgan fingerprint density at radius 3 is 2.69 bits per heavy atom. The Kier molecular flexibility index (Phi) is 5.85. The lowest BCUT2D eigenvalue weighted by Crippen LogP contribution is -2.47. The maximum Gasteiger partial charge on any atom is 0.231 e. The van der Waals surface area contributed by atoms with Crippen LogP contribution in [-0.2, 0) is 6.54 Å². The van der Waals surface area contributed by atoms with Crippen LogP contribution in [0.3, 0.4) is 0 Å². The van der Waals surface area contributed by atoms with Crippen LogP contribution in [0, 0.1) is 5.92 Å². The SMILES string of the molecule is COc1cc2c(cc1CNC1CCCN(CC3CCCCC3)C1)OCO2. The summed E-state index contributed by atoms with van der Waals surface area (Å²) in [5.74, 6) is 3.40. The van der Waals surface area contributed by atoms with Gasteiger partial charge in [-0.25, -0.2) is 0 Å². The molecular weight excluding hydrogens is 328 g/mol. The van der Waals surface area contributed by atoms with Crippen molar-refractivity contribution in [3.63, 3.8) is 0 Å². The van der Waals surface area contributed by atoms with E-state index in [0.29, 0.717) is 12.8 Å². The zero-order valence-electron chi connectivity index (χ0n) is 16.0. The molecule has 144 valence electrons. The molecule has 3 aliphatic rings. The maximum absolute atomic E-state index is 5.55. The molecule has 2 aliphatic heterocycles. The summed E-state index contributed by atoms with van der Waals surface area (Å²) < 4.78 is 16.5. The van der Waals surface area contributed by atoms with Crippen LogP contribution in [0.1, 0.15) is 50.5 Å². The summed E-state index contributed by atoms with van der Waals surface area (Å²) in [5, 5.41) is 3.75. The van der Waals surface area contributed by atoms with Crippen molar-refractivity contribution in [2.45, 2.75) is 57.5 Å². The van der Waals surface area contributed by atoms with Crippen molar-refractivity contribution in [1.29, 1.82) is 0 Å². The van der Waals surface area contributed by atoms with Crippen molar-refractivity contribution >= 4 is 0 Å². The summed E-state index contributed by atoms with van der Waals surface area (Å²) in [4.78, 5) is 2.69. The Labute approximate surface area is 157 Å². The minimum Gasteiger partial charge on any atom is -0.496 e. The van der Waals surface area contributed by atoms with E-state index in [-0.39, 0.29) is 0 Å². The van der Waals surface area contributed by atoms with E-state index in [1.165, 1.54) is 64.6 Å². The van der Waals surface area contributed by atoms with Gasteiger partial charge in [0.2, 0.25) is 6.79 Å². The number of fused-ring (bicyclic) bond motifs is 1.